The molecule has 0 amide bonds. The van der Waals surface area contributed by atoms with Gasteiger partial charge in [-0.15, -0.1) is 0 Å². The number of fused-ring (bicyclic) bond motifs is 1. The summed E-state index contributed by atoms with van der Waals surface area (Å²) in [5.41, 5.74) is 2.36. The summed E-state index contributed by atoms with van der Waals surface area (Å²) in [7, 11) is 0. The molecule has 0 spiro atoms. The van der Waals surface area contributed by atoms with Gasteiger partial charge in [0.25, 0.3) is 0 Å². The molecule has 0 radical (unpaired) electrons. The van der Waals surface area contributed by atoms with Gasteiger partial charge in [-0.25, -0.2) is 0 Å². The largest absolute Gasteiger partial charge is 0.150 e. The Morgan fingerprint density at radius 3 is 3.08 bits per heavy atom. The molecule has 2 rings (SSSR count). The predicted octanol–water partition coefficient (Wildman–Crippen LogP) is 3.20. The van der Waals surface area contributed by atoms with E-state index >= 15 is 0 Å². The van der Waals surface area contributed by atoms with Gasteiger partial charge in [0.2, 0.25) is 0 Å². The topological polar surface area (TPSA) is 29.4 Å². The van der Waals surface area contributed by atoms with Crippen molar-refractivity contribution in [3.63, 3.8) is 0 Å². The van der Waals surface area contributed by atoms with Crippen LogP contribution >= 0.6 is 15.9 Å². The van der Waals surface area contributed by atoms with Crippen LogP contribution in [0.1, 0.15) is 23.6 Å². The summed E-state index contributed by atoms with van der Waals surface area (Å²) in [5, 5.41) is 3.09. The van der Waals surface area contributed by atoms with Gasteiger partial charge in [-0.3, -0.25) is 0 Å². The minimum atomic E-state index is -0.104. The SMILES string of the molecule is O=NC1CCc2cc(Br)ccc21. The molecular formula is C9H8BrNO. The van der Waals surface area contributed by atoms with Gasteiger partial charge in [0.1, 0.15) is 6.04 Å². The molecule has 1 aromatic carbocycles. The zero-order valence-corrected chi connectivity index (χ0v) is 8.04. The van der Waals surface area contributed by atoms with Crippen molar-refractivity contribution in [2.24, 2.45) is 5.18 Å². The van der Waals surface area contributed by atoms with E-state index in [9.17, 15) is 4.91 Å². The van der Waals surface area contributed by atoms with E-state index < -0.39 is 0 Å². The Balaban J connectivity index is 2.47. The second-order valence-corrected chi connectivity index (χ2v) is 3.92. The van der Waals surface area contributed by atoms with Crippen molar-refractivity contribution in [1.29, 1.82) is 0 Å². The first kappa shape index (κ1) is 7.92. The number of hydrogen-bond acceptors (Lipinski definition) is 2. The summed E-state index contributed by atoms with van der Waals surface area (Å²) in [6.07, 6.45) is 1.85. The number of rotatable bonds is 1. The van der Waals surface area contributed by atoms with Gasteiger partial charge in [0.15, 0.2) is 0 Å². The lowest BCUT2D eigenvalue weighted by Crippen LogP contribution is -1.86. The Hall–Kier alpha value is -0.700. The zero-order chi connectivity index (χ0) is 8.55. The van der Waals surface area contributed by atoms with Gasteiger partial charge < -0.3 is 0 Å². The molecule has 0 fully saturated rings. The average molecular weight is 226 g/mol. The minimum Gasteiger partial charge on any atom is -0.150 e. The molecular weight excluding hydrogens is 218 g/mol. The number of hydrogen-bond donors (Lipinski definition) is 0. The Bertz CT molecular complexity index is 324. The third-order valence-electron chi connectivity index (χ3n) is 2.28. The van der Waals surface area contributed by atoms with Crippen molar-refractivity contribution >= 4 is 15.9 Å². The van der Waals surface area contributed by atoms with E-state index in [2.05, 4.69) is 27.2 Å². The fraction of sp³-hybridized carbons (Fsp3) is 0.333. The fourth-order valence-electron chi connectivity index (χ4n) is 1.67. The van der Waals surface area contributed by atoms with Crippen molar-refractivity contribution in [3.05, 3.63) is 38.7 Å². The lowest BCUT2D eigenvalue weighted by atomic mass is 10.1. The summed E-state index contributed by atoms with van der Waals surface area (Å²) >= 11 is 3.40. The third-order valence-corrected chi connectivity index (χ3v) is 2.77. The van der Waals surface area contributed by atoms with Crippen molar-refractivity contribution in [2.45, 2.75) is 18.9 Å². The predicted molar refractivity (Wildman–Crippen MR) is 51.0 cm³/mol. The molecule has 0 N–H and O–H groups in total. The number of benzene rings is 1. The molecule has 0 bridgehead atoms. The van der Waals surface area contributed by atoms with E-state index in [-0.39, 0.29) is 6.04 Å². The maximum Gasteiger partial charge on any atom is 0.117 e. The van der Waals surface area contributed by atoms with Gasteiger partial charge in [-0.1, -0.05) is 27.2 Å². The highest BCUT2D eigenvalue weighted by molar-refractivity contribution is 9.10. The van der Waals surface area contributed by atoms with Gasteiger partial charge in [-0.05, 0) is 36.1 Å². The molecule has 2 nitrogen and oxygen atoms in total. The van der Waals surface area contributed by atoms with Crippen LogP contribution in [0.3, 0.4) is 0 Å². The van der Waals surface area contributed by atoms with E-state index in [0.29, 0.717) is 0 Å². The summed E-state index contributed by atoms with van der Waals surface area (Å²) in [6.45, 7) is 0. The van der Waals surface area contributed by atoms with Crippen molar-refractivity contribution in [1.82, 2.24) is 0 Å². The quantitative estimate of drug-likeness (QED) is 0.676. The van der Waals surface area contributed by atoms with Gasteiger partial charge in [0.05, 0.1) is 0 Å². The van der Waals surface area contributed by atoms with Crippen LogP contribution in [0.25, 0.3) is 0 Å². The second kappa shape index (κ2) is 2.98. The van der Waals surface area contributed by atoms with Gasteiger partial charge in [-0.2, -0.15) is 4.91 Å². The van der Waals surface area contributed by atoms with Crippen LogP contribution in [0, 0.1) is 4.91 Å². The third kappa shape index (κ3) is 1.18. The summed E-state index contributed by atoms with van der Waals surface area (Å²) < 4.78 is 1.08. The van der Waals surface area contributed by atoms with Crippen LogP contribution < -0.4 is 0 Å². The normalized spacial score (nSPS) is 20.6. The van der Waals surface area contributed by atoms with Crippen LogP contribution in [0.4, 0.5) is 0 Å². The van der Waals surface area contributed by atoms with Crippen LogP contribution in [0.2, 0.25) is 0 Å². The fourth-order valence-corrected chi connectivity index (χ4v) is 2.08. The minimum absolute atomic E-state index is 0.104. The highest BCUT2D eigenvalue weighted by atomic mass is 79.9. The Morgan fingerprint density at radius 2 is 2.33 bits per heavy atom. The molecule has 0 aromatic heterocycles. The van der Waals surface area contributed by atoms with E-state index in [0.717, 1.165) is 22.9 Å². The van der Waals surface area contributed by atoms with E-state index in [4.69, 9.17) is 0 Å². The molecule has 62 valence electrons. The molecule has 0 heterocycles. The molecule has 0 saturated carbocycles. The zero-order valence-electron chi connectivity index (χ0n) is 6.46. The van der Waals surface area contributed by atoms with Gasteiger partial charge in [0, 0.05) is 4.47 Å². The van der Waals surface area contributed by atoms with Gasteiger partial charge >= 0.3 is 0 Å². The highest BCUT2D eigenvalue weighted by Crippen LogP contribution is 2.35. The number of nitrogens with zero attached hydrogens (tertiary/aromatic N) is 1. The smallest absolute Gasteiger partial charge is 0.117 e. The molecule has 0 aliphatic heterocycles. The Kier molecular flexibility index (Phi) is 1.97. The molecule has 1 aromatic rings. The van der Waals surface area contributed by atoms with Crippen molar-refractivity contribution in [3.8, 4) is 0 Å². The molecule has 1 atom stereocenters. The first-order valence-electron chi connectivity index (χ1n) is 3.92. The molecule has 1 aliphatic rings. The molecule has 12 heavy (non-hydrogen) atoms. The van der Waals surface area contributed by atoms with Crippen LogP contribution in [0.5, 0.6) is 0 Å². The summed E-state index contributed by atoms with van der Waals surface area (Å²) in [6, 6.07) is 5.91. The Morgan fingerprint density at radius 1 is 1.50 bits per heavy atom. The number of halogens is 1. The lowest BCUT2D eigenvalue weighted by Gasteiger charge is -2.01. The van der Waals surface area contributed by atoms with Crippen LogP contribution in [-0.4, -0.2) is 0 Å². The Labute approximate surface area is 79.1 Å². The highest BCUT2D eigenvalue weighted by Gasteiger charge is 2.22. The number of aryl methyl sites for hydroxylation is 1. The first-order chi connectivity index (χ1) is 5.81. The summed E-state index contributed by atoms with van der Waals surface area (Å²) in [5.74, 6) is 0. The monoisotopic (exact) mass is 225 g/mol. The maximum absolute atomic E-state index is 10.4. The molecule has 1 aliphatic carbocycles. The van der Waals surface area contributed by atoms with E-state index in [1.54, 1.807) is 0 Å². The standard InChI is InChI=1S/C9H8BrNO/c10-7-2-3-8-6(5-7)1-4-9(8)11-12/h2-3,5,9H,1,4H2. The summed E-state index contributed by atoms with van der Waals surface area (Å²) in [4.78, 5) is 10.4. The van der Waals surface area contributed by atoms with Crippen molar-refractivity contribution < 1.29 is 0 Å². The average Bonchev–Trinajstić information content (AvgIpc) is 2.46. The lowest BCUT2D eigenvalue weighted by molar-refractivity contribution is 0.710. The van der Waals surface area contributed by atoms with E-state index in [1.807, 2.05) is 12.1 Å². The molecule has 1 unspecified atom stereocenters. The van der Waals surface area contributed by atoms with E-state index in [1.165, 1.54) is 5.56 Å². The first-order valence-corrected chi connectivity index (χ1v) is 4.71. The van der Waals surface area contributed by atoms with Crippen molar-refractivity contribution in [2.75, 3.05) is 0 Å². The maximum atomic E-state index is 10.4. The van der Waals surface area contributed by atoms with Crippen LogP contribution in [0.15, 0.2) is 27.8 Å². The second-order valence-electron chi connectivity index (χ2n) is 3.00. The van der Waals surface area contributed by atoms with Crippen LogP contribution in [-0.2, 0) is 6.42 Å². The molecule has 0 saturated heterocycles. The number of nitroso groups, excluding NO2 is 1. The molecule has 3 heteroatoms.